The van der Waals surface area contributed by atoms with Crippen LogP contribution in [0.3, 0.4) is 0 Å². The van der Waals surface area contributed by atoms with Crippen LogP contribution in [0.4, 0.5) is 5.82 Å². The third-order valence-corrected chi connectivity index (χ3v) is 5.42. The second-order valence-electron chi connectivity index (χ2n) is 5.64. The molecule has 3 N–H and O–H groups in total. The number of benzene rings is 2. The molecular weight excluding hydrogens is 426 g/mol. The fourth-order valence-corrected chi connectivity index (χ4v) is 3.95. The SMILES string of the molecule is CC(Nc1ccc2cc(Br)cc(Cl)c2n1)c1cccc(S(N)(=O)=O)c1. The first-order valence-electron chi connectivity index (χ1n) is 7.39. The lowest BCUT2D eigenvalue weighted by atomic mass is 10.1. The number of halogens is 2. The van der Waals surface area contributed by atoms with Crippen LogP contribution in [-0.4, -0.2) is 13.4 Å². The average Bonchev–Trinajstić information content (AvgIpc) is 2.54. The Morgan fingerprint density at radius 2 is 1.96 bits per heavy atom. The molecule has 3 rings (SSSR count). The molecule has 0 amide bonds. The summed E-state index contributed by atoms with van der Waals surface area (Å²) in [5.74, 6) is 0.644. The Morgan fingerprint density at radius 1 is 1.20 bits per heavy atom. The summed E-state index contributed by atoms with van der Waals surface area (Å²) in [4.78, 5) is 4.63. The summed E-state index contributed by atoms with van der Waals surface area (Å²) in [6.07, 6.45) is 0. The van der Waals surface area contributed by atoms with Crippen molar-refractivity contribution in [2.45, 2.75) is 17.9 Å². The molecule has 1 unspecified atom stereocenters. The maximum absolute atomic E-state index is 11.5. The summed E-state index contributed by atoms with van der Waals surface area (Å²) in [6, 6.07) is 13.9. The number of anilines is 1. The molecule has 2 aromatic carbocycles. The quantitative estimate of drug-likeness (QED) is 0.627. The zero-order chi connectivity index (χ0) is 18.2. The van der Waals surface area contributed by atoms with E-state index in [-0.39, 0.29) is 10.9 Å². The molecule has 25 heavy (non-hydrogen) atoms. The van der Waals surface area contributed by atoms with Crippen LogP contribution in [0.5, 0.6) is 0 Å². The summed E-state index contributed by atoms with van der Waals surface area (Å²) in [7, 11) is -3.74. The molecule has 1 aromatic heterocycles. The minimum atomic E-state index is -3.74. The highest BCUT2D eigenvalue weighted by Crippen LogP contribution is 2.29. The van der Waals surface area contributed by atoms with Crippen LogP contribution in [0.15, 0.2) is 57.9 Å². The smallest absolute Gasteiger partial charge is 0.238 e. The maximum Gasteiger partial charge on any atom is 0.238 e. The molecule has 0 spiro atoms. The molecule has 130 valence electrons. The van der Waals surface area contributed by atoms with Gasteiger partial charge in [-0.1, -0.05) is 39.7 Å². The third-order valence-electron chi connectivity index (χ3n) is 3.76. The van der Waals surface area contributed by atoms with E-state index in [9.17, 15) is 8.42 Å². The average molecular weight is 441 g/mol. The van der Waals surface area contributed by atoms with Crippen molar-refractivity contribution in [2.75, 3.05) is 5.32 Å². The number of hydrogen-bond acceptors (Lipinski definition) is 4. The minimum Gasteiger partial charge on any atom is -0.364 e. The largest absolute Gasteiger partial charge is 0.364 e. The van der Waals surface area contributed by atoms with Crippen LogP contribution < -0.4 is 10.5 Å². The number of nitrogens with zero attached hydrogens (tertiary/aromatic N) is 1. The van der Waals surface area contributed by atoms with Gasteiger partial charge in [0.2, 0.25) is 10.0 Å². The molecule has 8 heteroatoms. The predicted octanol–water partition coefficient (Wildman–Crippen LogP) is 4.47. The van der Waals surface area contributed by atoms with E-state index in [4.69, 9.17) is 16.7 Å². The van der Waals surface area contributed by atoms with Crippen molar-refractivity contribution < 1.29 is 8.42 Å². The Labute approximate surface area is 159 Å². The fraction of sp³-hybridized carbons (Fsp3) is 0.118. The summed E-state index contributed by atoms with van der Waals surface area (Å²) in [5.41, 5.74) is 1.48. The lowest BCUT2D eigenvalue weighted by Gasteiger charge is -2.16. The van der Waals surface area contributed by atoms with Crippen LogP contribution >= 0.6 is 27.5 Å². The van der Waals surface area contributed by atoms with E-state index in [1.165, 1.54) is 6.07 Å². The molecule has 0 bridgehead atoms. The van der Waals surface area contributed by atoms with E-state index in [2.05, 4.69) is 26.2 Å². The van der Waals surface area contributed by atoms with E-state index in [0.717, 1.165) is 15.4 Å². The highest BCUT2D eigenvalue weighted by Gasteiger charge is 2.12. The van der Waals surface area contributed by atoms with Gasteiger partial charge in [-0.3, -0.25) is 0 Å². The van der Waals surface area contributed by atoms with E-state index >= 15 is 0 Å². The van der Waals surface area contributed by atoms with Crippen molar-refractivity contribution in [3.8, 4) is 0 Å². The number of hydrogen-bond donors (Lipinski definition) is 2. The number of pyridine rings is 1. The van der Waals surface area contributed by atoms with Gasteiger partial charge >= 0.3 is 0 Å². The molecule has 0 aliphatic rings. The number of aromatic nitrogens is 1. The Bertz CT molecular complexity index is 1060. The molecule has 3 aromatic rings. The van der Waals surface area contributed by atoms with Crippen LogP contribution in [-0.2, 0) is 10.0 Å². The second kappa shape index (κ2) is 6.92. The monoisotopic (exact) mass is 439 g/mol. The van der Waals surface area contributed by atoms with Crippen LogP contribution in [0.1, 0.15) is 18.5 Å². The van der Waals surface area contributed by atoms with Gasteiger partial charge in [-0.25, -0.2) is 18.5 Å². The molecular formula is C17H15BrClN3O2S. The first-order valence-corrected chi connectivity index (χ1v) is 10.1. The van der Waals surface area contributed by atoms with Crippen molar-refractivity contribution in [1.29, 1.82) is 0 Å². The van der Waals surface area contributed by atoms with E-state index in [1.807, 2.05) is 31.2 Å². The molecule has 0 aliphatic heterocycles. The Kier molecular flexibility index (Phi) is 5.02. The first-order chi connectivity index (χ1) is 11.7. The zero-order valence-corrected chi connectivity index (χ0v) is 16.4. The topological polar surface area (TPSA) is 85.1 Å². The van der Waals surface area contributed by atoms with Crippen LogP contribution in [0.25, 0.3) is 10.9 Å². The van der Waals surface area contributed by atoms with Gasteiger partial charge in [-0.15, -0.1) is 0 Å². The maximum atomic E-state index is 11.5. The van der Waals surface area contributed by atoms with E-state index < -0.39 is 10.0 Å². The second-order valence-corrected chi connectivity index (χ2v) is 8.52. The third kappa shape index (κ3) is 4.12. The van der Waals surface area contributed by atoms with Gasteiger partial charge in [0.05, 0.1) is 15.4 Å². The fourth-order valence-electron chi connectivity index (χ4n) is 2.50. The number of primary sulfonamides is 1. The Hall–Kier alpha value is -1.67. The molecule has 1 atom stereocenters. The van der Waals surface area contributed by atoms with Crippen molar-refractivity contribution in [3.05, 3.63) is 63.6 Å². The van der Waals surface area contributed by atoms with Gasteiger partial charge < -0.3 is 5.32 Å². The van der Waals surface area contributed by atoms with E-state index in [1.54, 1.807) is 18.2 Å². The molecule has 0 fully saturated rings. The number of fused-ring (bicyclic) bond motifs is 1. The normalized spacial score (nSPS) is 13.0. The molecule has 0 saturated carbocycles. The molecule has 0 radical (unpaired) electrons. The van der Waals surface area contributed by atoms with Crippen molar-refractivity contribution in [3.63, 3.8) is 0 Å². The van der Waals surface area contributed by atoms with Crippen molar-refractivity contribution >= 4 is 54.3 Å². The summed E-state index contributed by atoms with van der Waals surface area (Å²) < 4.78 is 23.9. The van der Waals surface area contributed by atoms with Gasteiger partial charge in [0.25, 0.3) is 0 Å². The first kappa shape index (κ1) is 18.1. The van der Waals surface area contributed by atoms with Crippen molar-refractivity contribution in [1.82, 2.24) is 4.98 Å². The Morgan fingerprint density at radius 3 is 2.68 bits per heavy atom. The highest BCUT2D eigenvalue weighted by atomic mass is 79.9. The van der Waals surface area contributed by atoms with Crippen LogP contribution in [0, 0.1) is 0 Å². The molecule has 5 nitrogen and oxygen atoms in total. The van der Waals surface area contributed by atoms with Gasteiger partial charge in [0.15, 0.2) is 0 Å². The standard InChI is InChI=1S/C17H15BrClN3O2S/c1-10(11-3-2-4-14(8-11)25(20,23)24)21-16-6-5-12-7-13(18)9-15(19)17(12)22-16/h2-10H,1H3,(H,21,22)(H2,20,23,24). The minimum absolute atomic E-state index is 0.0815. The lowest BCUT2D eigenvalue weighted by Crippen LogP contribution is -2.14. The van der Waals surface area contributed by atoms with Gasteiger partial charge in [0.1, 0.15) is 5.82 Å². The molecule has 0 aliphatic carbocycles. The number of nitrogens with one attached hydrogen (secondary N) is 1. The van der Waals surface area contributed by atoms with Gasteiger partial charge in [-0.2, -0.15) is 0 Å². The number of sulfonamides is 1. The summed E-state index contributed by atoms with van der Waals surface area (Å²) in [5, 5.41) is 9.92. The van der Waals surface area contributed by atoms with Gasteiger partial charge in [0, 0.05) is 15.9 Å². The lowest BCUT2D eigenvalue weighted by molar-refractivity contribution is 0.597. The van der Waals surface area contributed by atoms with Gasteiger partial charge in [-0.05, 0) is 48.9 Å². The van der Waals surface area contributed by atoms with Crippen molar-refractivity contribution in [2.24, 2.45) is 5.14 Å². The number of nitrogens with two attached hydrogens (primary N) is 1. The summed E-state index contributed by atoms with van der Waals surface area (Å²) >= 11 is 9.67. The van der Waals surface area contributed by atoms with Crippen LogP contribution in [0.2, 0.25) is 5.02 Å². The zero-order valence-electron chi connectivity index (χ0n) is 13.2. The summed E-state index contributed by atoms with van der Waals surface area (Å²) in [6.45, 7) is 1.91. The highest BCUT2D eigenvalue weighted by molar-refractivity contribution is 9.10. The number of rotatable bonds is 4. The van der Waals surface area contributed by atoms with E-state index in [0.29, 0.717) is 16.4 Å². The Balaban J connectivity index is 1.91. The molecule has 1 heterocycles. The molecule has 0 saturated heterocycles. The predicted molar refractivity (Wildman–Crippen MR) is 104 cm³/mol.